The molecule has 19 unspecified atom stereocenters. The summed E-state index contributed by atoms with van der Waals surface area (Å²) in [5.41, 5.74) is -1.56. The summed E-state index contributed by atoms with van der Waals surface area (Å²) < 4.78 is 23.6. The van der Waals surface area contributed by atoms with Gasteiger partial charge in [0.25, 0.3) is 0 Å². The number of rotatable bonds is 4. The van der Waals surface area contributed by atoms with Crippen molar-refractivity contribution in [3.05, 3.63) is 43.6 Å². The zero-order chi connectivity index (χ0) is 76.0. The third kappa shape index (κ3) is 62.5. The number of β-amino-alcohol motifs (C(OH)–C–C–N with tert-alkyl or cyclic N) is 6. The van der Waals surface area contributed by atoms with Crippen LogP contribution in [0.25, 0.3) is 37.2 Å². The van der Waals surface area contributed by atoms with Gasteiger partial charge in [-0.2, -0.15) is 21.6 Å². The van der Waals surface area contributed by atoms with Crippen molar-refractivity contribution < 1.29 is 174 Å². The fourth-order valence-corrected chi connectivity index (χ4v) is 9.71. The molecule has 4 aliphatic heterocycles. The number of aliphatic hydroxyl groups excluding tert-OH is 12. The van der Waals surface area contributed by atoms with Crippen LogP contribution in [0.3, 0.4) is 0 Å². The van der Waals surface area contributed by atoms with Crippen LogP contribution < -0.4 is 37.2 Å². The Labute approximate surface area is 671 Å². The molecule has 0 aromatic heterocycles. The number of hydrogen-bond acceptors (Lipinski definition) is 29. The summed E-state index contributed by atoms with van der Waals surface area (Å²) in [4.78, 5) is 0. The maximum Gasteiger partial charge on any atom is 2.00 e. The van der Waals surface area contributed by atoms with Crippen molar-refractivity contribution in [3.8, 4) is 0 Å². The number of aliphatic hydroxyl groups is 12. The van der Waals surface area contributed by atoms with Crippen LogP contribution in [-0.4, -0.2) is 363 Å². The molecule has 0 bridgehead atoms. The van der Waals surface area contributed by atoms with Crippen LogP contribution in [0.4, 0.5) is 0 Å². The quantitative estimate of drug-likeness (QED) is 0.113. The molecule has 0 aromatic rings. The number of hydroxylamine groups is 6. The molecule has 20 atom stereocenters. The minimum atomic E-state index is -1.21. The molecule has 104 heavy (non-hydrogen) atoms. The minimum absolute atomic E-state index is 0. The summed E-state index contributed by atoms with van der Waals surface area (Å²) in [6, 6.07) is -0.413. The van der Waals surface area contributed by atoms with E-state index < -0.39 is 104 Å². The van der Waals surface area contributed by atoms with E-state index in [9.17, 15) is 76.9 Å². The Morgan fingerprint density at radius 3 is 1.31 bits per heavy atom. The van der Waals surface area contributed by atoms with Gasteiger partial charge in [-0.1, -0.05) is 50.8 Å². The van der Waals surface area contributed by atoms with Gasteiger partial charge in [-0.15, -0.1) is 58.9 Å². The van der Waals surface area contributed by atoms with Crippen molar-refractivity contribution in [3.63, 3.8) is 0 Å². The molecule has 0 saturated carbocycles. The summed E-state index contributed by atoms with van der Waals surface area (Å²) >= 11 is 0. The zero-order valence-corrected chi connectivity index (χ0v) is 77.4. The van der Waals surface area contributed by atoms with Crippen molar-refractivity contribution >= 4 is 0 Å². The first-order valence-electron chi connectivity index (χ1n) is 35.1. The number of hydrogen-bond donors (Lipinski definition) is 22. The van der Waals surface area contributed by atoms with Crippen LogP contribution in [-0.2, 0) is 96.9 Å². The van der Waals surface area contributed by atoms with Crippen LogP contribution in [0.2, 0.25) is 0 Å². The van der Waals surface area contributed by atoms with E-state index in [2.05, 4.69) is 81.4 Å². The molecule has 36 nitrogen and oxygen atoms in total. The van der Waals surface area contributed by atoms with E-state index in [1.54, 1.807) is 13.3 Å². The second-order valence-corrected chi connectivity index (χ2v) is 30.1. The molecule has 4 rings (SSSR count). The maximum absolute atomic E-state index is 10.4. The molecule has 4 heterocycles. The molecule has 4 fully saturated rings. The van der Waals surface area contributed by atoms with Crippen molar-refractivity contribution in [1.29, 1.82) is 0 Å². The summed E-state index contributed by atoms with van der Waals surface area (Å²) in [5, 5.41) is 201. The first-order chi connectivity index (χ1) is 46.3. The SMILES string of the molecule is CC1CN(O)C(O)CNC(O)CNC(OC(C)(C)C)CN1.CC1C[CH-]C(O)CN(O)C(O)CNC(OC(C)(C)C)CNC(O)CN1.CC1C[N-]C(O)C[N-]C(O)C[N-]C(O)C[N-]C(O)C[N-]C(OC(C)(C)C)CN1O.CC1C[N-]CC(O)C[N-]CC(O)CNCC(OC(C)(C)C)C[C@H](O)C1.[Zn+2].[Zn].[Zn].[Zn]. The van der Waals surface area contributed by atoms with E-state index in [4.69, 9.17) is 18.9 Å². The van der Waals surface area contributed by atoms with E-state index in [1.807, 2.05) is 96.9 Å². The second-order valence-electron chi connectivity index (χ2n) is 30.1. The van der Waals surface area contributed by atoms with Gasteiger partial charge in [0.1, 0.15) is 37.4 Å². The smallest absolute Gasteiger partial charge is 0.660 e. The monoisotopic (exact) mass is 1700 g/mol. The first-order valence-corrected chi connectivity index (χ1v) is 35.1. The van der Waals surface area contributed by atoms with Gasteiger partial charge in [-0.05, 0) is 116 Å². The van der Waals surface area contributed by atoms with Gasteiger partial charge in [0.05, 0.1) is 34.6 Å². The Kier molecular flexibility index (Phi) is 63.9. The molecule has 0 aliphatic carbocycles. The third-order valence-corrected chi connectivity index (χ3v) is 14.5. The largest absolute Gasteiger partial charge is 2.00 e. The molecule has 0 spiro atoms. The number of ether oxygens (including phenoxy) is 4. The van der Waals surface area contributed by atoms with Gasteiger partial charge in [0.15, 0.2) is 0 Å². The Morgan fingerprint density at radius 1 is 0.385 bits per heavy atom. The molecule has 4 aliphatic rings. The molecule has 0 aromatic carbocycles. The summed E-state index contributed by atoms with van der Waals surface area (Å²) in [6.07, 6.45) is -9.31. The average Bonchev–Trinajstić information content (AvgIpc) is 1.03. The molecule has 0 amide bonds. The topological polar surface area (TPSA) is 533 Å². The molecule has 606 valence electrons. The fourth-order valence-electron chi connectivity index (χ4n) is 9.71. The molecule has 4 saturated heterocycles. The van der Waals surface area contributed by atoms with E-state index in [0.717, 1.165) is 10.1 Å². The van der Waals surface area contributed by atoms with Crippen LogP contribution in [0.15, 0.2) is 0 Å². The van der Waals surface area contributed by atoms with E-state index >= 15 is 0 Å². The van der Waals surface area contributed by atoms with Crippen molar-refractivity contribution in [1.82, 2.24) is 52.4 Å². The Morgan fingerprint density at radius 2 is 0.798 bits per heavy atom. The van der Waals surface area contributed by atoms with Crippen molar-refractivity contribution in [2.24, 2.45) is 5.92 Å². The fraction of sp³-hybridized carbons (Fsp3) is 0.984. The molecular weight excluding hydrogens is 1570 g/mol. The minimum Gasteiger partial charge on any atom is -0.660 e. The average molecular weight is 1710 g/mol. The Hall–Kier alpha value is 1.05. The molecule has 40 heteroatoms. The van der Waals surface area contributed by atoms with Crippen molar-refractivity contribution in [2.75, 3.05) is 131 Å². The Balaban J connectivity index is -0.000000636. The summed E-state index contributed by atoms with van der Waals surface area (Å²) in [6.45, 7) is 34.6. The predicted octanol–water partition coefficient (Wildman–Crippen LogP) is -1.42. The number of nitrogens with zero attached hydrogens (tertiary/aromatic N) is 10. The third-order valence-electron chi connectivity index (χ3n) is 14.5. The van der Waals surface area contributed by atoms with Gasteiger partial charge < -0.3 is 149 Å². The van der Waals surface area contributed by atoms with Gasteiger partial charge in [0, 0.05) is 161 Å². The van der Waals surface area contributed by atoms with Gasteiger partial charge in [0.2, 0.25) is 0 Å². The molecule has 22 N–H and O–H groups in total. The van der Waals surface area contributed by atoms with E-state index in [1.165, 1.54) is 0 Å². The van der Waals surface area contributed by atoms with Gasteiger partial charge in [-0.25, -0.2) is 0 Å². The molecular formula is C64H137N17O19Zn4-6. The summed E-state index contributed by atoms with van der Waals surface area (Å²) in [7, 11) is 0. The first kappa shape index (κ1) is 111. The summed E-state index contributed by atoms with van der Waals surface area (Å²) in [5.74, 6) is 0.247. The standard InChI is InChI=1S/C18H37N3O4.C17H35N6O6.C16H35N4O5.C13H30N4O4.4Zn/c1-13-5-14(22)6-17(25-18(2,3)4)12-21-11-16(24)10-20-9-15(23)8-19-7-13;1-11-5-18-12(24)6-19-13(25)7-20-14(26)8-21-15(27)9-22-16(10-23(11)28)29-17(2,3)4;1-11-5-6-12(21)10-20(24)15(23)9-19-14(25-16(2,3)4)8-18-13(22)7-17-11;1-9-8-17(20)12(19)7-15-10(18)5-16-11(6-14-9)21-13(2,3)4;;;;/h13-17,21-24H,5-12H2,1-4H3;11-16,24-28H,5-10H2,1-4H3;6,11-15,17-19,21-24H,5,7-10H2,1-4H3;9-12,14-16,18-20H,5-8H2,1-4H3;;;;/q-2;-5;-1;;;;;+2/t13?,14-,15?,16?,17?;;;;;;;/m1......./s1. The van der Waals surface area contributed by atoms with E-state index in [0.29, 0.717) is 70.1 Å². The predicted molar refractivity (Wildman–Crippen MR) is 380 cm³/mol. The normalized spacial score (nSPS) is 34.3. The molecule has 0 radical (unpaired) electrons. The van der Waals surface area contributed by atoms with Gasteiger partial charge in [-0.3, -0.25) is 27.7 Å². The zero-order valence-electron chi connectivity index (χ0n) is 65.5. The van der Waals surface area contributed by atoms with Gasteiger partial charge >= 0.3 is 19.5 Å². The van der Waals surface area contributed by atoms with Crippen LogP contribution >= 0.6 is 0 Å². The Bertz CT molecular complexity index is 2030. The van der Waals surface area contributed by atoms with Crippen LogP contribution in [0, 0.1) is 12.3 Å². The maximum atomic E-state index is 10.4. The second kappa shape index (κ2) is 59.7. The van der Waals surface area contributed by atoms with Crippen LogP contribution in [0.5, 0.6) is 0 Å². The van der Waals surface area contributed by atoms with E-state index in [-0.39, 0.29) is 205 Å². The number of nitrogens with one attached hydrogen (secondary N) is 7. The van der Waals surface area contributed by atoms with Crippen LogP contribution in [0.1, 0.15) is 130 Å². The van der Waals surface area contributed by atoms with Crippen molar-refractivity contribution in [2.45, 2.75) is 270 Å².